The predicted molar refractivity (Wildman–Crippen MR) is 243 cm³/mol. The molecule has 0 aromatic carbocycles. The minimum absolute atomic E-state index is 0.0215. The highest BCUT2D eigenvalue weighted by Gasteiger charge is 2.21. The van der Waals surface area contributed by atoms with E-state index in [-0.39, 0.29) is 145 Å². The van der Waals surface area contributed by atoms with Crippen LogP contribution in [0.15, 0.2) is 0 Å². The maximum absolute atomic E-state index is 12.4. The van der Waals surface area contributed by atoms with Gasteiger partial charge in [-0.3, -0.25) is 33.6 Å². The van der Waals surface area contributed by atoms with Gasteiger partial charge >= 0.3 is 11.9 Å². The van der Waals surface area contributed by atoms with E-state index in [0.717, 1.165) is 89.9 Å². The summed E-state index contributed by atoms with van der Waals surface area (Å²) in [6.45, 7) is 3.82. The number of hydrogen-bond donors (Lipinski definition) is 6. The Balaban J connectivity index is 3.68. The van der Waals surface area contributed by atoms with Gasteiger partial charge in [-0.05, 0) is 44.9 Å². The minimum atomic E-state index is -1.17. The van der Waals surface area contributed by atoms with Gasteiger partial charge in [-0.1, -0.05) is 77.6 Å². The monoisotopic (exact) mass is 930 g/mol. The topological polar surface area (TPSA) is 270 Å². The summed E-state index contributed by atoms with van der Waals surface area (Å²) in [7, 11) is 0. The molecule has 0 aliphatic rings. The van der Waals surface area contributed by atoms with Crippen LogP contribution in [0.4, 0.5) is 0 Å². The summed E-state index contributed by atoms with van der Waals surface area (Å²) in [5, 5.41) is 35.1. The third kappa shape index (κ3) is 41.3. The van der Waals surface area contributed by atoms with Crippen molar-refractivity contribution in [1.82, 2.24) is 16.0 Å². The maximum atomic E-state index is 12.4. The van der Waals surface area contributed by atoms with Crippen molar-refractivity contribution >= 4 is 47.0 Å². The van der Waals surface area contributed by atoms with Crippen LogP contribution in [0.2, 0.25) is 0 Å². The third-order valence-electron chi connectivity index (χ3n) is 10.7. The number of hydrogen-bond acceptors (Lipinski definition) is 13. The number of Topliss-reactive ketones (excluding diaryl/α,β-unsaturated/α-hetero) is 3. The molecule has 0 saturated heterocycles. The van der Waals surface area contributed by atoms with Gasteiger partial charge < -0.3 is 50.2 Å². The molecule has 18 nitrogen and oxygen atoms in total. The SMILES string of the molecule is CC[C@@H](CCCCNC(=O)COCCOCCNC(=O)COCCOCCCC(=O)CC[C@H](NC(=O)CCCCCCCCCCCCCCC(=O)CCC(=O)O)C(=O)O)C(=O)CCO. The molecule has 0 aromatic heterocycles. The van der Waals surface area contributed by atoms with Crippen LogP contribution in [0.25, 0.3) is 0 Å². The minimum Gasteiger partial charge on any atom is -0.481 e. The third-order valence-corrected chi connectivity index (χ3v) is 10.7. The molecule has 6 N–H and O–H groups in total. The number of unbranched alkanes of at least 4 members (excludes halogenated alkanes) is 12. The maximum Gasteiger partial charge on any atom is 0.326 e. The Hall–Kier alpha value is -3.84. The molecule has 0 fully saturated rings. The lowest BCUT2D eigenvalue weighted by molar-refractivity contribution is -0.142. The first-order valence-corrected chi connectivity index (χ1v) is 24.1. The van der Waals surface area contributed by atoms with Crippen molar-refractivity contribution in [3.63, 3.8) is 0 Å². The summed E-state index contributed by atoms with van der Waals surface area (Å²) in [5.41, 5.74) is 0. The van der Waals surface area contributed by atoms with E-state index in [0.29, 0.717) is 32.4 Å². The zero-order valence-electron chi connectivity index (χ0n) is 39.4. The Morgan fingerprint density at radius 2 is 0.969 bits per heavy atom. The molecule has 0 unspecified atom stereocenters. The molecule has 0 aliphatic heterocycles. The largest absolute Gasteiger partial charge is 0.481 e. The molecule has 0 heterocycles. The Bertz CT molecular complexity index is 1320. The second kappa shape index (κ2) is 44.0. The predicted octanol–water partition coefficient (Wildman–Crippen LogP) is 5.03. The van der Waals surface area contributed by atoms with Gasteiger partial charge in [0.25, 0.3) is 0 Å². The molecule has 0 saturated carbocycles. The lowest BCUT2D eigenvalue weighted by Gasteiger charge is -2.14. The normalized spacial score (nSPS) is 12.0. The highest BCUT2D eigenvalue weighted by molar-refractivity contribution is 5.85. The van der Waals surface area contributed by atoms with Crippen molar-refractivity contribution in [2.24, 2.45) is 5.92 Å². The van der Waals surface area contributed by atoms with Crippen molar-refractivity contribution in [1.29, 1.82) is 0 Å². The molecule has 0 spiro atoms. The van der Waals surface area contributed by atoms with Crippen molar-refractivity contribution in [2.75, 3.05) is 72.6 Å². The highest BCUT2D eigenvalue weighted by Crippen LogP contribution is 2.16. The fourth-order valence-corrected chi connectivity index (χ4v) is 6.86. The molecular formula is C47H83N3O15. The van der Waals surface area contributed by atoms with Crippen LogP contribution in [0.1, 0.15) is 167 Å². The highest BCUT2D eigenvalue weighted by atomic mass is 16.5. The summed E-state index contributed by atoms with van der Waals surface area (Å²) in [5.74, 6) is -3.02. The van der Waals surface area contributed by atoms with Gasteiger partial charge in [0.2, 0.25) is 17.7 Å². The number of rotatable bonds is 49. The number of carbonyl (C=O) groups is 8. The zero-order chi connectivity index (χ0) is 48.2. The quantitative estimate of drug-likeness (QED) is 0.0437. The second-order valence-electron chi connectivity index (χ2n) is 16.4. The molecule has 0 radical (unpaired) electrons. The average Bonchev–Trinajstić information content (AvgIpc) is 3.27. The number of amides is 3. The van der Waals surface area contributed by atoms with Crippen LogP contribution in [0.5, 0.6) is 0 Å². The first kappa shape index (κ1) is 61.2. The lowest BCUT2D eigenvalue weighted by atomic mass is 9.93. The number of carbonyl (C=O) groups excluding carboxylic acids is 6. The molecule has 0 rings (SSSR count). The molecule has 0 bridgehead atoms. The second-order valence-corrected chi connectivity index (χ2v) is 16.4. The summed E-state index contributed by atoms with van der Waals surface area (Å²) in [6.07, 6.45) is 17.0. The van der Waals surface area contributed by atoms with Crippen molar-refractivity contribution < 1.29 is 72.6 Å². The van der Waals surface area contributed by atoms with Crippen molar-refractivity contribution in [3.05, 3.63) is 0 Å². The number of aliphatic carboxylic acids is 2. The number of aliphatic hydroxyl groups excluding tert-OH is 1. The van der Waals surface area contributed by atoms with E-state index in [9.17, 15) is 43.5 Å². The van der Waals surface area contributed by atoms with Gasteiger partial charge in [0, 0.05) is 70.7 Å². The molecule has 18 heteroatoms. The van der Waals surface area contributed by atoms with Gasteiger partial charge in [0.05, 0.1) is 39.5 Å². The van der Waals surface area contributed by atoms with Crippen LogP contribution in [0.3, 0.4) is 0 Å². The van der Waals surface area contributed by atoms with Crippen molar-refractivity contribution in [3.8, 4) is 0 Å². The lowest BCUT2D eigenvalue weighted by Crippen LogP contribution is -2.41. The molecule has 0 aromatic rings. The fraction of sp³-hybridized carbons (Fsp3) is 0.830. The fourth-order valence-electron chi connectivity index (χ4n) is 6.86. The Morgan fingerprint density at radius 3 is 1.52 bits per heavy atom. The van der Waals surface area contributed by atoms with Crippen LogP contribution < -0.4 is 16.0 Å². The first-order chi connectivity index (χ1) is 31.4. The smallest absolute Gasteiger partial charge is 0.326 e. The van der Waals surface area contributed by atoms with Gasteiger partial charge in [0.15, 0.2) is 0 Å². The molecule has 376 valence electrons. The standard InChI is InChI=1S/C47H83N3O15/c1-2-38(42(54)26-29-51)18-15-16-27-48-44(56)36-65-35-33-63-31-28-49-45(57)37-64-34-32-62-30-17-20-40(53)22-24-41(47(60)61)50-43(55)21-14-12-10-8-6-4-3-5-7-9-11-13-19-39(52)23-25-46(58)59/h38,41,51H,2-37H2,1H3,(H,48,56)(H,49,57)(H,50,55)(H,58,59)(H,60,61)/t38-,41-/m0/s1. The Labute approximate surface area is 386 Å². The van der Waals surface area contributed by atoms with E-state index in [1.54, 1.807) is 0 Å². The molecule has 0 aliphatic carbocycles. The van der Waals surface area contributed by atoms with E-state index < -0.39 is 18.0 Å². The Kier molecular flexibility index (Phi) is 41.4. The Morgan fingerprint density at radius 1 is 0.462 bits per heavy atom. The van der Waals surface area contributed by atoms with E-state index in [1.807, 2.05) is 6.92 Å². The van der Waals surface area contributed by atoms with E-state index in [4.69, 9.17) is 29.2 Å². The van der Waals surface area contributed by atoms with Gasteiger partial charge in [-0.2, -0.15) is 0 Å². The first-order valence-electron chi connectivity index (χ1n) is 24.1. The number of aliphatic hydroxyl groups is 1. The van der Waals surface area contributed by atoms with E-state index in [1.165, 1.54) is 6.42 Å². The molecule has 65 heavy (non-hydrogen) atoms. The summed E-state index contributed by atoms with van der Waals surface area (Å²) < 4.78 is 21.5. The number of nitrogens with one attached hydrogen (secondary N) is 3. The van der Waals surface area contributed by atoms with Gasteiger partial charge in [-0.25, -0.2) is 4.79 Å². The molecule has 3 amide bonds. The number of carboxylic acids is 2. The number of ether oxygens (including phenoxy) is 4. The van der Waals surface area contributed by atoms with E-state index >= 15 is 0 Å². The molecular weight excluding hydrogens is 847 g/mol. The van der Waals surface area contributed by atoms with Crippen LogP contribution in [-0.2, 0) is 57.3 Å². The van der Waals surface area contributed by atoms with Gasteiger partial charge in [-0.15, -0.1) is 0 Å². The van der Waals surface area contributed by atoms with Gasteiger partial charge in [0.1, 0.15) is 36.6 Å². The van der Waals surface area contributed by atoms with Crippen LogP contribution in [0, 0.1) is 5.92 Å². The van der Waals surface area contributed by atoms with E-state index in [2.05, 4.69) is 16.0 Å². The molecule has 2 atom stereocenters. The summed E-state index contributed by atoms with van der Waals surface area (Å²) >= 11 is 0. The zero-order valence-corrected chi connectivity index (χ0v) is 39.4. The number of ketones is 3. The summed E-state index contributed by atoms with van der Waals surface area (Å²) in [6, 6.07) is -1.12. The average molecular weight is 930 g/mol. The van der Waals surface area contributed by atoms with Crippen molar-refractivity contribution in [2.45, 2.75) is 173 Å². The van der Waals surface area contributed by atoms with Crippen LogP contribution in [-0.4, -0.2) is 141 Å². The number of carboxylic acid groups (broad SMARTS) is 2. The summed E-state index contributed by atoms with van der Waals surface area (Å²) in [4.78, 5) is 94.2. The van der Waals surface area contributed by atoms with Crippen LogP contribution >= 0.6 is 0 Å².